The second-order valence-electron chi connectivity index (χ2n) is 7.09. The molecule has 0 unspecified atom stereocenters. The Hall–Kier alpha value is -1.32. The molecule has 1 aromatic heterocycles. The van der Waals surface area contributed by atoms with Crippen molar-refractivity contribution in [1.82, 2.24) is 9.97 Å². The Kier molecular flexibility index (Phi) is 3.21. The zero-order chi connectivity index (χ0) is 13.4. The van der Waals surface area contributed by atoms with Crippen LogP contribution in [-0.4, -0.2) is 16.0 Å². The van der Waals surface area contributed by atoms with E-state index in [9.17, 15) is 0 Å². The molecule has 0 aromatic carbocycles. The van der Waals surface area contributed by atoms with Gasteiger partial charge in [-0.3, -0.25) is 0 Å². The normalized spacial score (nSPS) is 22.7. The van der Waals surface area contributed by atoms with Crippen LogP contribution in [0.5, 0.6) is 0 Å². The Morgan fingerprint density at radius 2 is 1.61 bits per heavy atom. The molecule has 4 nitrogen and oxygen atoms in total. The van der Waals surface area contributed by atoms with Crippen molar-refractivity contribution in [3.05, 3.63) is 12.4 Å². The van der Waals surface area contributed by atoms with E-state index in [1.54, 1.807) is 12.4 Å². The fraction of sp³-hybridized carbons (Fsp3) is 0.714. The average molecular weight is 248 g/mol. The van der Waals surface area contributed by atoms with Crippen molar-refractivity contribution in [1.29, 1.82) is 0 Å². The first-order chi connectivity index (χ1) is 8.26. The van der Waals surface area contributed by atoms with Crippen molar-refractivity contribution < 1.29 is 0 Å². The summed E-state index contributed by atoms with van der Waals surface area (Å²) in [5, 5.41) is 3.44. The van der Waals surface area contributed by atoms with Gasteiger partial charge < -0.3 is 11.1 Å². The van der Waals surface area contributed by atoms with Gasteiger partial charge >= 0.3 is 0 Å². The lowest BCUT2D eigenvalue weighted by molar-refractivity contribution is 0.105. The molecule has 0 saturated heterocycles. The molecule has 0 aliphatic heterocycles. The van der Waals surface area contributed by atoms with E-state index in [0.717, 1.165) is 12.8 Å². The predicted molar refractivity (Wildman–Crippen MR) is 75.3 cm³/mol. The standard InChI is InChI=1S/C14H24N4/c1-13(2)5-11(6-14(3,4)9-13)18-12-16-7-10(15)8-17-12/h7-8,11H,5-6,9,15H2,1-4H3,(H,16,17,18). The first kappa shape index (κ1) is 13.1. The van der Waals surface area contributed by atoms with Crippen molar-refractivity contribution >= 4 is 11.6 Å². The summed E-state index contributed by atoms with van der Waals surface area (Å²) in [4.78, 5) is 8.44. The molecular formula is C14H24N4. The molecule has 0 spiro atoms. The summed E-state index contributed by atoms with van der Waals surface area (Å²) in [6.07, 6.45) is 6.87. The Morgan fingerprint density at radius 1 is 1.11 bits per heavy atom. The van der Waals surface area contributed by atoms with E-state index in [0.29, 0.717) is 28.5 Å². The van der Waals surface area contributed by atoms with Crippen molar-refractivity contribution in [2.75, 3.05) is 11.1 Å². The SMILES string of the molecule is CC1(C)CC(Nc2ncc(N)cn2)CC(C)(C)C1. The van der Waals surface area contributed by atoms with Gasteiger partial charge in [0.1, 0.15) is 0 Å². The molecule has 1 aliphatic rings. The minimum Gasteiger partial charge on any atom is -0.396 e. The zero-order valence-electron chi connectivity index (χ0n) is 11.8. The molecule has 1 aliphatic carbocycles. The third kappa shape index (κ3) is 3.34. The zero-order valence-corrected chi connectivity index (χ0v) is 11.8. The molecule has 18 heavy (non-hydrogen) atoms. The lowest BCUT2D eigenvalue weighted by atomic mass is 9.63. The fourth-order valence-electron chi connectivity index (χ4n) is 3.54. The second-order valence-corrected chi connectivity index (χ2v) is 7.09. The number of hydrogen-bond acceptors (Lipinski definition) is 4. The van der Waals surface area contributed by atoms with Crippen LogP contribution in [0.3, 0.4) is 0 Å². The topological polar surface area (TPSA) is 63.8 Å². The first-order valence-corrected chi connectivity index (χ1v) is 6.60. The van der Waals surface area contributed by atoms with Crippen molar-refractivity contribution in [2.24, 2.45) is 10.8 Å². The lowest BCUT2D eigenvalue weighted by Crippen LogP contribution is -2.40. The number of rotatable bonds is 2. The Balaban J connectivity index is 2.07. The van der Waals surface area contributed by atoms with Gasteiger partial charge in [0.05, 0.1) is 18.1 Å². The van der Waals surface area contributed by atoms with E-state index in [4.69, 9.17) is 5.73 Å². The summed E-state index contributed by atoms with van der Waals surface area (Å²) >= 11 is 0. The summed E-state index contributed by atoms with van der Waals surface area (Å²) in [7, 11) is 0. The molecular weight excluding hydrogens is 224 g/mol. The summed E-state index contributed by atoms with van der Waals surface area (Å²) < 4.78 is 0. The van der Waals surface area contributed by atoms with E-state index in [1.807, 2.05) is 0 Å². The van der Waals surface area contributed by atoms with E-state index < -0.39 is 0 Å². The van der Waals surface area contributed by atoms with Gasteiger partial charge in [-0.25, -0.2) is 9.97 Å². The van der Waals surface area contributed by atoms with Gasteiger partial charge in [0.2, 0.25) is 5.95 Å². The largest absolute Gasteiger partial charge is 0.396 e. The number of nitrogens with two attached hydrogens (primary N) is 1. The van der Waals surface area contributed by atoms with Crippen molar-refractivity contribution in [3.63, 3.8) is 0 Å². The summed E-state index contributed by atoms with van der Waals surface area (Å²) in [5.74, 6) is 0.683. The van der Waals surface area contributed by atoms with Gasteiger partial charge in [0.15, 0.2) is 0 Å². The van der Waals surface area contributed by atoms with E-state index >= 15 is 0 Å². The molecule has 0 atom stereocenters. The van der Waals surface area contributed by atoms with Gasteiger partial charge in [0.25, 0.3) is 0 Å². The van der Waals surface area contributed by atoms with Gasteiger partial charge in [-0.15, -0.1) is 0 Å². The Labute approximate surface area is 109 Å². The van der Waals surface area contributed by atoms with Crippen LogP contribution in [0.1, 0.15) is 47.0 Å². The minimum atomic E-state index is 0.368. The van der Waals surface area contributed by atoms with Gasteiger partial charge in [-0.1, -0.05) is 27.7 Å². The minimum absolute atomic E-state index is 0.368. The molecule has 0 bridgehead atoms. The number of nitrogens with zero attached hydrogens (tertiary/aromatic N) is 2. The first-order valence-electron chi connectivity index (χ1n) is 6.60. The quantitative estimate of drug-likeness (QED) is 0.844. The highest BCUT2D eigenvalue weighted by atomic mass is 15.1. The second kappa shape index (κ2) is 4.41. The molecule has 100 valence electrons. The molecule has 1 fully saturated rings. The monoisotopic (exact) mass is 248 g/mol. The molecule has 3 N–H and O–H groups in total. The summed E-state index contributed by atoms with van der Waals surface area (Å²) in [6.45, 7) is 9.36. The van der Waals surface area contributed by atoms with E-state index in [-0.39, 0.29) is 0 Å². The highest BCUT2D eigenvalue weighted by molar-refractivity contribution is 5.36. The van der Waals surface area contributed by atoms with Crippen molar-refractivity contribution in [2.45, 2.75) is 53.0 Å². The molecule has 1 heterocycles. The van der Waals surface area contributed by atoms with Crippen LogP contribution >= 0.6 is 0 Å². The maximum Gasteiger partial charge on any atom is 0.222 e. The molecule has 1 aromatic rings. The highest BCUT2D eigenvalue weighted by Gasteiger charge is 2.38. The maximum absolute atomic E-state index is 5.59. The third-order valence-electron chi connectivity index (χ3n) is 3.56. The molecule has 4 heteroatoms. The Morgan fingerprint density at radius 3 is 2.11 bits per heavy atom. The van der Waals surface area contributed by atoms with Crippen LogP contribution in [0, 0.1) is 10.8 Å². The highest BCUT2D eigenvalue weighted by Crippen LogP contribution is 2.46. The molecule has 1 saturated carbocycles. The molecule has 0 radical (unpaired) electrons. The van der Waals surface area contributed by atoms with Gasteiger partial charge in [-0.05, 0) is 30.1 Å². The molecule has 2 rings (SSSR count). The number of nitrogen functional groups attached to an aromatic ring is 1. The lowest BCUT2D eigenvalue weighted by Gasteiger charge is -2.45. The van der Waals surface area contributed by atoms with Crippen molar-refractivity contribution in [3.8, 4) is 0 Å². The smallest absolute Gasteiger partial charge is 0.222 e. The maximum atomic E-state index is 5.59. The fourth-order valence-corrected chi connectivity index (χ4v) is 3.54. The third-order valence-corrected chi connectivity index (χ3v) is 3.56. The van der Waals surface area contributed by atoms with Crippen LogP contribution in [0.25, 0.3) is 0 Å². The Bertz CT molecular complexity index is 392. The number of anilines is 2. The number of aromatic nitrogens is 2. The van der Waals surface area contributed by atoms with E-state index in [1.165, 1.54) is 6.42 Å². The van der Waals surface area contributed by atoms with Crippen LogP contribution in [-0.2, 0) is 0 Å². The van der Waals surface area contributed by atoms with E-state index in [2.05, 4.69) is 43.0 Å². The number of hydrogen-bond donors (Lipinski definition) is 2. The van der Waals surface area contributed by atoms with Gasteiger partial charge in [0, 0.05) is 6.04 Å². The molecule has 0 amide bonds. The number of nitrogens with one attached hydrogen (secondary N) is 1. The van der Waals surface area contributed by atoms with Crippen LogP contribution in [0.4, 0.5) is 11.6 Å². The van der Waals surface area contributed by atoms with Crippen LogP contribution < -0.4 is 11.1 Å². The average Bonchev–Trinajstić information content (AvgIpc) is 2.16. The predicted octanol–water partition coefficient (Wildman–Crippen LogP) is 3.08. The van der Waals surface area contributed by atoms with Gasteiger partial charge in [-0.2, -0.15) is 0 Å². The van der Waals surface area contributed by atoms with Crippen LogP contribution in [0.2, 0.25) is 0 Å². The summed E-state index contributed by atoms with van der Waals surface area (Å²) in [6, 6.07) is 0.437. The van der Waals surface area contributed by atoms with Crippen LogP contribution in [0.15, 0.2) is 12.4 Å². The summed E-state index contributed by atoms with van der Waals surface area (Å²) in [5.41, 5.74) is 6.93.